The van der Waals surface area contributed by atoms with Gasteiger partial charge in [0, 0.05) is 6.04 Å². The zero-order valence-electron chi connectivity index (χ0n) is 10.9. The van der Waals surface area contributed by atoms with E-state index in [0.717, 1.165) is 12.3 Å². The van der Waals surface area contributed by atoms with Gasteiger partial charge in [-0.15, -0.1) is 0 Å². The standard InChI is InChI=1S/C11H19NO2.C2H6/c1-7-3-4-8-6-10(11(13)14)12(2)9(8)5-7;1-2/h7-10H,3-6H2,1-2H3,(H,13,14);1-2H3. The van der Waals surface area contributed by atoms with Crippen LogP contribution in [-0.4, -0.2) is 35.1 Å². The van der Waals surface area contributed by atoms with Gasteiger partial charge in [0.2, 0.25) is 0 Å². The summed E-state index contributed by atoms with van der Waals surface area (Å²) in [5.41, 5.74) is 0. The first-order chi connectivity index (χ1) is 7.59. The molecule has 0 amide bonds. The summed E-state index contributed by atoms with van der Waals surface area (Å²) in [6, 6.07) is 0.301. The van der Waals surface area contributed by atoms with Gasteiger partial charge in [-0.2, -0.15) is 0 Å². The van der Waals surface area contributed by atoms with Crippen LogP contribution in [0.25, 0.3) is 0 Å². The molecule has 0 spiro atoms. The van der Waals surface area contributed by atoms with Crippen LogP contribution in [0.5, 0.6) is 0 Å². The number of nitrogens with zero attached hydrogens (tertiary/aromatic N) is 1. The number of carbonyl (C=O) groups is 1. The van der Waals surface area contributed by atoms with Gasteiger partial charge in [-0.1, -0.05) is 27.2 Å². The molecule has 1 saturated heterocycles. The lowest BCUT2D eigenvalue weighted by Crippen LogP contribution is -2.40. The zero-order chi connectivity index (χ0) is 12.3. The summed E-state index contributed by atoms with van der Waals surface area (Å²) in [5, 5.41) is 9.05. The highest BCUT2D eigenvalue weighted by molar-refractivity contribution is 5.74. The van der Waals surface area contributed by atoms with Gasteiger partial charge in [-0.3, -0.25) is 9.69 Å². The van der Waals surface area contributed by atoms with Gasteiger partial charge in [-0.25, -0.2) is 0 Å². The number of aliphatic carboxylic acids is 1. The molecule has 3 nitrogen and oxygen atoms in total. The zero-order valence-corrected chi connectivity index (χ0v) is 10.9. The van der Waals surface area contributed by atoms with E-state index in [1.807, 2.05) is 20.9 Å². The summed E-state index contributed by atoms with van der Waals surface area (Å²) < 4.78 is 0. The molecule has 3 heteroatoms. The maximum atomic E-state index is 11.0. The van der Waals surface area contributed by atoms with Crippen LogP contribution in [0.3, 0.4) is 0 Å². The number of fused-ring (bicyclic) bond motifs is 1. The molecule has 2 aliphatic rings. The molecule has 16 heavy (non-hydrogen) atoms. The van der Waals surface area contributed by atoms with Crippen molar-refractivity contribution in [3.8, 4) is 0 Å². The first kappa shape index (κ1) is 13.5. The minimum absolute atomic E-state index is 0.227. The molecule has 1 aliphatic carbocycles. The molecule has 0 radical (unpaired) electrons. The molecule has 2 rings (SSSR count). The van der Waals surface area contributed by atoms with E-state index in [2.05, 4.69) is 11.8 Å². The summed E-state index contributed by atoms with van der Waals surface area (Å²) in [4.78, 5) is 13.1. The summed E-state index contributed by atoms with van der Waals surface area (Å²) in [5.74, 6) is 0.762. The Bertz CT molecular complexity index is 242. The van der Waals surface area contributed by atoms with E-state index in [0.29, 0.717) is 12.0 Å². The van der Waals surface area contributed by atoms with E-state index < -0.39 is 5.97 Å². The van der Waals surface area contributed by atoms with Crippen molar-refractivity contribution in [3.63, 3.8) is 0 Å². The van der Waals surface area contributed by atoms with Crippen molar-refractivity contribution in [2.24, 2.45) is 11.8 Å². The number of likely N-dealkylation sites (N-methyl/N-ethyl adjacent to an activating group) is 1. The average molecular weight is 227 g/mol. The Morgan fingerprint density at radius 1 is 1.25 bits per heavy atom. The molecule has 1 heterocycles. The summed E-state index contributed by atoms with van der Waals surface area (Å²) in [6.45, 7) is 6.28. The van der Waals surface area contributed by atoms with Crippen molar-refractivity contribution in [1.82, 2.24) is 4.90 Å². The summed E-state index contributed by atoms with van der Waals surface area (Å²) in [6.07, 6.45) is 4.55. The Balaban J connectivity index is 0.000000606. The van der Waals surface area contributed by atoms with Gasteiger partial charge >= 0.3 is 5.97 Å². The van der Waals surface area contributed by atoms with Crippen LogP contribution in [-0.2, 0) is 4.79 Å². The van der Waals surface area contributed by atoms with Gasteiger partial charge in [0.1, 0.15) is 6.04 Å². The van der Waals surface area contributed by atoms with E-state index in [4.69, 9.17) is 5.11 Å². The molecular weight excluding hydrogens is 202 g/mol. The van der Waals surface area contributed by atoms with Gasteiger partial charge in [0.05, 0.1) is 0 Å². The number of rotatable bonds is 1. The van der Waals surface area contributed by atoms with Gasteiger partial charge in [-0.05, 0) is 38.1 Å². The smallest absolute Gasteiger partial charge is 0.320 e. The molecule has 1 saturated carbocycles. The number of hydrogen-bond donors (Lipinski definition) is 1. The summed E-state index contributed by atoms with van der Waals surface area (Å²) in [7, 11) is 1.97. The average Bonchev–Trinajstić information content (AvgIpc) is 2.59. The first-order valence-corrected chi connectivity index (χ1v) is 6.54. The van der Waals surface area contributed by atoms with Crippen molar-refractivity contribution in [2.75, 3.05) is 7.05 Å². The van der Waals surface area contributed by atoms with Crippen LogP contribution in [0.1, 0.15) is 46.5 Å². The molecule has 0 aromatic heterocycles. The molecule has 0 aromatic carbocycles. The van der Waals surface area contributed by atoms with Crippen molar-refractivity contribution in [3.05, 3.63) is 0 Å². The number of hydrogen-bond acceptors (Lipinski definition) is 2. The Kier molecular flexibility index (Phi) is 4.78. The van der Waals surface area contributed by atoms with E-state index in [1.165, 1.54) is 19.3 Å². The second-order valence-corrected chi connectivity index (χ2v) is 5.00. The minimum atomic E-state index is -0.644. The minimum Gasteiger partial charge on any atom is -0.480 e. The fraction of sp³-hybridized carbons (Fsp3) is 0.923. The van der Waals surface area contributed by atoms with Crippen molar-refractivity contribution in [1.29, 1.82) is 0 Å². The van der Waals surface area contributed by atoms with E-state index in [-0.39, 0.29) is 6.04 Å². The van der Waals surface area contributed by atoms with E-state index in [1.54, 1.807) is 0 Å². The van der Waals surface area contributed by atoms with Gasteiger partial charge in [0.25, 0.3) is 0 Å². The van der Waals surface area contributed by atoms with Crippen LogP contribution >= 0.6 is 0 Å². The lowest BCUT2D eigenvalue weighted by atomic mass is 9.79. The second kappa shape index (κ2) is 5.67. The SMILES string of the molecule is CC.CC1CCC2CC(C(=O)O)N(C)C2C1. The molecule has 4 atom stereocenters. The number of carboxylic acids is 1. The number of carboxylic acid groups (broad SMARTS) is 1. The Morgan fingerprint density at radius 2 is 1.88 bits per heavy atom. The van der Waals surface area contributed by atoms with Crippen LogP contribution < -0.4 is 0 Å². The highest BCUT2D eigenvalue weighted by Crippen LogP contribution is 2.40. The third kappa shape index (κ3) is 2.57. The largest absolute Gasteiger partial charge is 0.480 e. The fourth-order valence-electron chi connectivity index (χ4n) is 3.15. The van der Waals surface area contributed by atoms with Gasteiger partial charge in [0.15, 0.2) is 0 Å². The molecule has 2 fully saturated rings. The van der Waals surface area contributed by atoms with Crippen LogP contribution in [0.4, 0.5) is 0 Å². The molecule has 1 N–H and O–H groups in total. The third-order valence-electron chi connectivity index (χ3n) is 4.04. The quantitative estimate of drug-likeness (QED) is 0.748. The lowest BCUT2D eigenvalue weighted by Gasteiger charge is -2.33. The topological polar surface area (TPSA) is 40.5 Å². The third-order valence-corrected chi connectivity index (χ3v) is 4.04. The Morgan fingerprint density at radius 3 is 2.44 bits per heavy atom. The molecular formula is C13H25NO2. The molecule has 0 aromatic rings. The first-order valence-electron chi connectivity index (χ1n) is 6.54. The monoisotopic (exact) mass is 227 g/mol. The predicted octanol–water partition coefficient (Wildman–Crippen LogP) is 2.61. The highest BCUT2D eigenvalue weighted by atomic mass is 16.4. The van der Waals surface area contributed by atoms with E-state index in [9.17, 15) is 4.79 Å². The molecule has 4 unspecified atom stereocenters. The highest BCUT2D eigenvalue weighted by Gasteiger charge is 2.44. The number of likely N-dealkylation sites (tertiary alicyclic amines) is 1. The Labute approximate surface area is 98.8 Å². The van der Waals surface area contributed by atoms with Crippen LogP contribution in [0.15, 0.2) is 0 Å². The van der Waals surface area contributed by atoms with Crippen molar-refractivity contribution < 1.29 is 9.90 Å². The van der Waals surface area contributed by atoms with Gasteiger partial charge < -0.3 is 5.11 Å². The molecule has 94 valence electrons. The fourth-order valence-corrected chi connectivity index (χ4v) is 3.15. The maximum absolute atomic E-state index is 11.0. The lowest BCUT2D eigenvalue weighted by molar-refractivity contribution is -0.142. The van der Waals surface area contributed by atoms with E-state index >= 15 is 0 Å². The molecule has 1 aliphatic heterocycles. The summed E-state index contributed by atoms with van der Waals surface area (Å²) >= 11 is 0. The molecule has 0 bridgehead atoms. The van der Waals surface area contributed by atoms with Crippen molar-refractivity contribution >= 4 is 5.97 Å². The second-order valence-electron chi connectivity index (χ2n) is 5.00. The van der Waals surface area contributed by atoms with Crippen molar-refractivity contribution in [2.45, 2.75) is 58.5 Å². The van der Waals surface area contributed by atoms with Crippen LogP contribution in [0.2, 0.25) is 0 Å². The predicted molar refractivity (Wildman–Crippen MR) is 65.4 cm³/mol. The Hall–Kier alpha value is -0.570. The van der Waals surface area contributed by atoms with Crippen LogP contribution in [0, 0.1) is 11.8 Å². The normalized spacial score (nSPS) is 38.5. The maximum Gasteiger partial charge on any atom is 0.320 e.